The summed E-state index contributed by atoms with van der Waals surface area (Å²) in [6.45, 7) is 2.91. The second-order valence-corrected chi connectivity index (χ2v) is 3.62. The molecule has 54 valence electrons. The maximum Gasteiger partial charge on any atom is 0.0699 e. The van der Waals surface area contributed by atoms with Gasteiger partial charge in [-0.1, -0.05) is 15.9 Å². The molecule has 0 N–H and O–H groups in total. The molecule has 1 nitrogen and oxygen atoms in total. The van der Waals surface area contributed by atoms with E-state index in [1.54, 1.807) is 0 Å². The van der Waals surface area contributed by atoms with Crippen LogP contribution in [0.2, 0.25) is 0 Å². The van der Waals surface area contributed by atoms with E-state index in [9.17, 15) is 0 Å². The van der Waals surface area contributed by atoms with Crippen molar-refractivity contribution in [3.8, 4) is 0 Å². The number of halogens is 1. The van der Waals surface area contributed by atoms with E-state index in [0.29, 0.717) is 10.9 Å². The molecule has 1 aliphatic carbocycles. The average molecular weight is 193 g/mol. The van der Waals surface area contributed by atoms with Gasteiger partial charge >= 0.3 is 0 Å². The fourth-order valence-corrected chi connectivity index (χ4v) is 2.02. The van der Waals surface area contributed by atoms with Gasteiger partial charge in [-0.25, -0.2) is 0 Å². The fourth-order valence-electron chi connectivity index (χ4n) is 1.28. The lowest BCUT2D eigenvalue weighted by molar-refractivity contribution is 0.0730. The highest BCUT2D eigenvalue weighted by Gasteiger charge is 2.24. The van der Waals surface area contributed by atoms with Crippen molar-refractivity contribution >= 4 is 15.9 Å². The van der Waals surface area contributed by atoms with Crippen molar-refractivity contribution in [2.24, 2.45) is 0 Å². The van der Waals surface area contributed by atoms with Gasteiger partial charge in [-0.05, 0) is 26.2 Å². The van der Waals surface area contributed by atoms with Crippen LogP contribution in [0.1, 0.15) is 26.2 Å². The zero-order valence-corrected chi connectivity index (χ0v) is 7.36. The van der Waals surface area contributed by atoms with E-state index >= 15 is 0 Å². The Morgan fingerprint density at radius 3 is 2.78 bits per heavy atom. The van der Waals surface area contributed by atoms with Gasteiger partial charge in [-0.15, -0.1) is 0 Å². The van der Waals surface area contributed by atoms with Crippen LogP contribution in [0.4, 0.5) is 0 Å². The van der Waals surface area contributed by atoms with Crippen molar-refractivity contribution in [2.45, 2.75) is 37.1 Å². The zero-order valence-electron chi connectivity index (χ0n) is 5.77. The minimum atomic E-state index is 0.495. The first-order valence-corrected chi connectivity index (χ1v) is 4.52. The van der Waals surface area contributed by atoms with E-state index in [1.807, 2.05) is 0 Å². The molecule has 2 atom stereocenters. The van der Waals surface area contributed by atoms with Crippen LogP contribution in [-0.4, -0.2) is 17.5 Å². The van der Waals surface area contributed by atoms with Crippen LogP contribution < -0.4 is 0 Å². The molecule has 0 heterocycles. The normalized spacial score (nSPS) is 35.3. The number of hydrogen-bond donors (Lipinski definition) is 0. The highest BCUT2D eigenvalue weighted by Crippen LogP contribution is 2.27. The molecule has 1 fully saturated rings. The number of alkyl halides is 1. The summed E-state index contributed by atoms with van der Waals surface area (Å²) < 4.78 is 5.47. The molecule has 0 unspecified atom stereocenters. The molecule has 0 bridgehead atoms. The summed E-state index contributed by atoms with van der Waals surface area (Å²) in [6, 6.07) is 0. The van der Waals surface area contributed by atoms with Crippen molar-refractivity contribution in [1.82, 2.24) is 0 Å². The van der Waals surface area contributed by atoms with Crippen LogP contribution in [-0.2, 0) is 4.74 Å². The first kappa shape index (κ1) is 7.55. The molecule has 0 aliphatic heterocycles. The molecule has 0 radical (unpaired) electrons. The summed E-state index contributed by atoms with van der Waals surface area (Å²) >= 11 is 3.58. The van der Waals surface area contributed by atoms with Gasteiger partial charge in [0.2, 0.25) is 0 Å². The monoisotopic (exact) mass is 192 g/mol. The molecule has 0 amide bonds. The maximum atomic E-state index is 5.47. The fraction of sp³-hybridized carbons (Fsp3) is 1.00. The molecule has 0 aromatic rings. The predicted octanol–water partition coefficient (Wildman–Crippen LogP) is 2.34. The second-order valence-electron chi connectivity index (χ2n) is 2.44. The van der Waals surface area contributed by atoms with Gasteiger partial charge in [0.1, 0.15) is 0 Å². The minimum absolute atomic E-state index is 0.495. The Labute approximate surface area is 64.9 Å². The molecule has 1 aliphatic rings. The van der Waals surface area contributed by atoms with E-state index < -0.39 is 0 Å². The Bertz CT molecular complexity index is 85.0. The third-order valence-electron chi connectivity index (χ3n) is 1.75. The standard InChI is InChI=1S/C7H13BrO/c1-2-9-7-5-3-4-6(7)8/h6-7H,2-5H2,1H3/t6-,7-/m1/s1. The highest BCUT2D eigenvalue weighted by atomic mass is 79.9. The Kier molecular flexibility index (Phi) is 2.99. The molecule has 1 rings (SSSR count). The Morgan fingerprint density at radius 2 is 2.33 bits per heavy atom. The van der Waals surface area contributed by atoms with Gasteiger partial charge in [0.25, 0.3) is 0 Å². The summed E-state index contributed by atoms with van der Waals surface area (Å²) in [4.78, 5) is 0.623. The van der Waals surface area contributed by atoms with Gasteiger partial charge in [0.15, 0.2) is 0 Å². The highest BCUT2D eigenvalue weighted by molar-refractivity contribution is 9.09. The molecule has 9 heavy (non-hydrogen) atoms. The zero-order chi connectivity index (χ0) is 6.69. The van der Waals surface area contributed by atoms with Crippen LogP contribution in [0, 0.1) is 0 Å². The first-order chi connectivity index (χ1) is 4.34. The molecule has 1 saturated carbocycles. The molecule has 2 heteroatoms. The molecule has 0 saturated heterocycles. The molecule has 0 spiro atoms. The van der Waals surface area contributed by atoms with E-state index in [0.717, 1.165) is 6.61 Å². The molecular formula is C7H13BrO. The summed E-state index contributed by atoms with van der Waals surface area (Å²) in [5, 5.41) is 0. The van der Waals surface area contributed by atoms with Gasteiger partial charge in [-0.3, -0.25) is 0 Å². The van der Waals surface area contributed by atoms with Gasteiger partial charge in [0.05, 0.1) is 6.10 Å². The van der Waals surface area contributed by atoms with Crippen molar-refractivity contribution in [3.05, 3.63) is 0 Å². The largest absolute Gasteiger partial charge is 0.377 e. The number of hydrogen-bond acceptors (Lipinski definition) is 1. The van der Waals surface area contributed by atoms with Crippen molar-refractivity contribution in [1.29, 1.82) is 0 Å². The van der Waals surface area contributed by atoms with Crippen molar-refractivity contribution in [3.63, 3.8) is 0 Å². The summed E-state index contributed by atoms with van der Waals surface area (Å²) in [6.07, 6.45) is 4.34. The van der Waals surface area contributed by atoms with Crippen LogP contribution in [0.25, 0.3) is 0 Å². The van der Waals surface area contributed by atoms with Crippen LogP contribution in [0.15, 0.2) is 0 Å². The summed E-state index contributed by atoms with van der Waals surface area (Å²) in [7, 11) is 0. The van der Waals surface area contributed by atoms with Crippen LogP contribution >= 0.6 is 15.9 Å². The van der Waals surface area contributed by atoms with Crippen molar-refractivity contribution < 1.29 is 4.74 Å². The Balaban J connectivity index is 2.22. The summed E-state index contributed by atoms with van der Waals surface area (Å²) in [5.74, 6) is 0. The van der Waals surface area contributed by atoms with Gasteiger partial charge < -0.3 is 4.74 Å². The topological polar surface area (TPSA) is 9.23 Å². The lowest BCUT2D eigenvalue weighted by Gasteiger charge is -2.12. The Morgan fingerprint density at radius 1 is 1.56 bits per heavy atom. The quantitative estimate of drug-likeness (QED) is 0.611. The lowest BCUT2D eigenvalue weighted by atomic mass is 10.3. The number of rotatable bonds is 2. The SMILES string of the molecule is CCO[C@@H]1CCC[C@H]1Br. The third-order valence-corrected chi connectivity index (χ3v) is 2.80. The minimum Gasteiger partial charge on any atom is -0.377 e. The molecule has 0 aromatic carbocycles. The van der Waals surface area contributed by atoms with E-state index in [-0.39, 0.29) is 0 Å². The molecular weight excluding hydrogens is 180 g/mol. The van der Waals surface area contributed by atoms with E-state index in [2.05, 4.69) is 22.9 Å². The van der Waals surface area contributed by atoms with Crippen LogP contribution in [0.5, 0.6) is 0 Å². The second kappa shape index (κ2) is 3.57. The number of ether oxygens (including phenoxy) is 1. The lowest BCUT2D eigenvalue weighted by Crippen LogP contribution is -2.17. The van der Waals surface area contributed by atoms with Crippen LogP contribution in [0.3, 0.4) is 0 Å². The first-order valence-electron chi connectivity index (χ1n) is 3.60. The van der Waals surface area contributed by atoms with Gasteiger partial charge in [-0.2, -0.15) is 0 Å². The smallest absolute Gasteiger partial charge is 0.0699 e. The average Bonchev–Trinajstić information content (AvgIpc) is 2.18. The van der Waals surface area contributed by atoms with Gasteiger partial charge in [0, 0.05) is 11.4 Å². The van der Waals surface area contributed by atoms with Crippen molar-refractivity contribution in [2.75, 3.05) is 6.61 Å². The summed E-state index contributed by atoms with van der Waals surface area (Å²) in [5.41, 5.74) is 0. The third kappa shape index (κ3) is 1.94. The maximum absolute atomic E-state index is 5.47. The van der Waals surface area contributed by atoms with E-state index in [4.69, 9.17) is 4.74 Å². The Hall–Kier alpha value is 0.440. The molecule has 0 aromatic heterocycles. The predicted molar refractivity (Wildman–Crippen MR) is 42.0 cm³/mol. The van der Waals surface area contributed by atoms with E-state index in [1.165, 1.54) is 19.3 Å².